The van der Waals surface area contributed by atoms with Crippen molar-refractivity contribution >= 4 is 11.9 Å². The lowest BCUT2D eigenvalue weighted by Gasteiger charge is -2.31. The number of imidazole rings is 1. The Bertz CT molecular complexity index is 1050. The van der Waals surface area contributed by atoms with Crippen molar-refractivity contribution in [3.8, 4) is 5.69 Å². The van der Waals surface area contributed by atoms with E-state index in [9.17, 15) is 14.0 Å². The Morgan fingerprint density at radius 2 is 1.76 bits per heavy atom. The summed E-state index contributed by atoms with van der Waals surface area (Å²) >= 11 is 0. The number of rotatable bonds is 5. The van der Waals surface area contributed by atoms with Crippen molar-refractivity contribution in [2.45, 2.75) is 19.4 Å². The minimum Gasteiger partial charge on any atom is -0.478 e. The van der Waals surface area contributed by atoms with Gasteiger partial charge in [-0.2, -0.15) is 0 Å². The Kier molecular flexibility index (Phi) is 5.11. The van der Waals surface area contributed by atoms with Crippen LogP contribution in [0.3, 0.4) is 0 Å². The summed E-state index contributed by atoms with van der Waals surface area (Å²) in [7, 11) is 0. The maximum Gasteiger partial charge on any atom is 0.338 e. The van der Waals surface area contributed by atoms with Crippen LogP contribution >= 0.6 is 0 Å². The normalized spacial score (nSPS) is 14.9. The fourth-order valence-corrected chi connectivity index (χ4v) is 3.54. The van der Waals surface area contributed by atoms with E-state index in [4.69, 9.17) is 5.11 Å². The number of anilines is 1. The van der Waals surface area contributed by atoms with Crippen molar-refractivity contribution in [3.63, 3.8) is 0 Å². The average Bonchev–Trinajstić information content (AvgIpc) is 3.09. The number of aromatic nitrogens is 4. The highest BCUT2D eigenvalue weighted by atomic mass is 19.1. The predicted octanol–water partition coefficient (Wildman–Crippen LogP) is 2.18. The van der Waals surface area contributed by atoms with Gasteiger partial charge >= 0.3 is 11.7 Å². The van der Waals surface area contributed by atoms with Crippen LogP contribution in [-0.2, 0) is 6.54 Å². The Morgan fingerprint density at radius 1 is 1.10 bits per heavy atom. The van der Waals surface area contributed by atoms with E-state index in [-0.39, 0.29) is 17.1 Å². The van der Waals surface area contributed by atoms with E-state index in [1.807, 2.05) is 4.90 Å². The molecule has 9 heteroatoms. The molecule has 150 valence electrons. The first-order chi connectivity index (χ1) is 14.0. The molecule has 1 N–H and O–H groups in total. The van der Waals surface area contributed by atoms with Crippen LogP contribution in [0.2, 0.25) is 0 Å². The molecule has 0 spiro atoms. The molecule has 4 rings (SSSR count). The van der Waals surface area contributed by atoms with Crippen LogP contribution < -0.4 is 10.6 Å². The summed E-state index contributed by atoms with van der Waals surface area (Å²) in [4.78, 5) is 33.9. The maximum absolute atomic E-state index is 13.1. The number of benzene rings is 1. The molecule has 0 aliphatic carbocycles. The monoisotopic (exact) mass is 397 g/mol. The van der Waals surface area contributed by atoms with Gasteiger partial charge in [0.05, 0.1) is 11.3 Å². The molecule has 1 aliphatic rings. The van der Waals surface area contributed by atoms with Crippen molar-refractivity contribution in [1.82, 2.24) is 19.1 Å². The zero-order chi connectivity index (χ0) is 20.4. The SMILES string of the molecule is O=C(O)c1cnc(N2CCC(Cn3ccn(-c4ccc(F)cc4)c3=O)CC2)nc1. The van der Waals surface area contributed by atoms with Gasteiger partial charge in [0.25, 0.3) is 0 Å². The second kappa shape index (κ2) is 7.86. The summed E-state index contributed by atoms with van der Waals surface area (Å²) in [5.41, 5.74) is 0.548. The molecule has 0 unspecified atom stereocenters. The molecule has 0 atom stereocenters. The van der Waals surface area contributed by atoms with Crippen LogP contribution in [0.4, 0.5) is 10.3 Å². The molecule has 0 bridgehead atoms. The topological polar surface area (TPSA) is 93.2 Å². The van der Waals surface area contributed by atoms with Crippen molar-refractivity contribution in [3.05, 3.63) is 70.9 Å². The van der Waals surface area contributed by atoms with E-state index < -0.39 is 5.97 Å². The summed E-state index contributed by atoms with van der Waals surface area (Å²) in [6.45, 7) is 2.09. The van der Waals surface area contributed by atoms with E-state index in [1.54, 1.807) is 29.1 Å². The van der Waals surface area contributed by atoms with Crippen LogP contribution in [0, 0.1) is 11.7 Å². The second-order valence-electron chi connectivity index (χ2n) is 7.09. The molecular formula is C20H20FN5O3. The van der Waals surface area contributed by atoms with Crippen LogP contribution in [0.15, 0.2) is 53.8 Å². The first-order valence-corrected chi connectivity index (χ1v) is 9.35. The van der Waals surface area contributed by atoms with Crippen molar-refractivity contribution in [2.24, 2.45) is 5.92 Å². The number of aromatic carboxylic acids is 1. The molecular weight excluding hydrogens is 377 g/mol. The lowest BCUT2D eigenvalue weighted by molar-refractivity contribution is 0.0696. The number of carboxylic acids is 1. The van der Waals surface area contributed by atoms with Crippen molar-refractivity contribution in [1.29, 1.82) is 0 Å². The molecule has 0 saturated carbocycles. The fourth-order valence-electron chi connectivity index (χ4n) is 3.54. The van der Waals surface area contributed by atoms with Crippen LogP contribution in [0.1, 0.15) is 23.2 Å². The quantitative estimate of drug-likeness (QED) is 0.709. The van der Waals surface area contributed by atoms with Crippen molar-refractivity contribution in [2.75, 3.05) is 18.0 Å². The summed E-state index contributed by atoms with van der Waals surface area (Å²) in [5.74, 6) is -0.526. The van der Waals surface area contributed by atoms with Crippen LogP contribution in [0.25, 0.3) is 5.69 Å². The minimum atomic E-state index is -1.05. The van der Waals surface area contributed by atoms with Gasteiger partial charge in [-0.3, -0.25) is 9.13 Å². The number of nitrogens with zero attached hydrogens (tertiary/aromatic N) is 5. The standard InChI is InChI=1S/C20H20FN5O3/c21-16-1-3-17(4-2-16)26-10-9-25(20(26)29)13-14-5-7-24(8-6-14)19-22-11-15(12-23-19)18(27)28/h1-4,9-12,14H,5-8,13H2,(H,27,28). The number of halogens is 1. The highest BCUT2D eigenvalue weighted by molar-refractivity contribution is 5.86. The Balaban J connectivity index is 1.38. The highest BCUT2D eigenvalue weighted by Crippen LogP contribution is 2.22. The first kappa shape index (κ1) is 18.9. The molecule has 1 saturated heterocycles. The van der Waals surface area contributed by atoms with E-state index >= 15 is 0 Å². The molecule has 1 aliphatic heterocycles. The largest absolute Gasteiger partial charge is 0.478 e. The highest BCUT2D eigenvalue weighted by Gasteiger charge is 2.22. The number of hydrogen-bond acceptors (Lipinski definition) is 5. The summed E-state index contributed by atoms with van der Waals surface area (Å²) in [6, 6.07) is 5.82. The first-order valence-electron chi connectivity index (χ1n) is 9.35. The van der Waals surface area contributed by atoms with Crippen LogP contribution in [0.5, 0.6) is 0 Å². The number of piperidine rings is 1. The molecule has 1 fully saturated rings. The van der Waals surface area contributed by atoms with Gasteiger partial charge in [0.2, 0.25) is 5.95 Å². The Hall–Kier alpha value is -3.49. The fraction of sp³-hybridized carbons (Fsp3) is 0.300. The van der Waals surface area contributed by atoms with Crippen LogP contribution in [-0.4, -0.2) is 43.3 Å². The molecule has 3 aromatic rings. The third kappa shape index (κ3) is 4.03. The number of carboxylic acid groups (broad SMARTS) is 1. The Labute approximate surface area is 165 Å². The third-order valence-corrected chi connectivity index (χ3v) is 5.19. The molecule has 3 heterocycles. The molecule has 2 aromatic heterocycles. The lowest BCUT2D eigenvalue weighted by atomic mass is 9.97. The predicted molar refractivity (Wildman–Crippen MR) is 104 cm³/mol. The summed E-state index contributed by atoms with van der Waals surface area (Å²) < 4.78 is 16.3. The van der Waals surface area contributed by atoms with Gasteiger partial charge in [0.1, 0.15) is 5.82 Å². The summed E-state index contributed by atoms with van der Waals surface area (Å²) in [5, 5.41) is 8.93. The molecule has 0 radical (unpaired) electrons. The average molecular weight is 397 g/mol. The molecule has 1 aromatic carbocycles. The van der Waals surface area contributed by atoms with Gasteiger partial charge in [-0.25, -0.2) is 23.9 Å². The molecule has 8 nitrogen and oxygen atoms in total. The molecule has 0 amide bonds. The van der Waals surface area contributed by atoms with Gasteiger partial charge in [0, 0.05) is 44.4 Å². The minimum absolute atomic E-state index is 0.0636. The molecule has 29 heavy (non-hydrogen) atoms. The van der Waals surface area contributed by atoms with Gasteiger partial charge in [-0.05, 0) is 43.0 Å². The third-order valence-electron chi connectivity index (χ3n) is 5.19. The van der Waals surface area contributed by atoms with E-state index in [0.29, 0.717) is 24.1 Å². The van der Waals surface area contributed by atoms with Gasteiger partial charge in [-0.1, -0.05) is 0 Å². The Morgan fingerprint density at radius 3 is 2.38 bits per heavy atom. The lowest BCUT2D eigenvalue weighted by Crippen LogP contribution is -2.37. The van der Waals surface area contributed by atoms with Gasteiger partial charge < -0.3 is 10.0 Å². The second-order valence-corrected chi connectivity index (χ2v) is 7.09. The van der Waals surface area contributed by atoms with E-state index in [1.165, 1.54) is 29.1 Å². The number of carbonyl (C=O) groups is 1. The zero-order valence-electron chi connectivity index (χ0n) is 15.6. The summed E-state index contributed by atoms with van der Waals surface area (Å²) in [6.07, 6.45) is 7.83. The smallest absolute Gasteiger partial charge is 0.338 e. The van der Waals surface area contributed by atoms with E-state index in [0.717, 1.165) is 25.9 Å². The maximum atomic E-state index is 13.1. The van der Waals surface area contributed by atoms with Gasteiger partial charge in [0.15, 0.2) is 0 Å². The number of hydrogen-bond donors (Lipinski definition) is 1. The van der Waals surface area contributed by atoms with E-state index in [2.05, 4.69) is 9.97 Å². The van der Waals surface area contributed by atoms with Crippen molar-refractivity contribution < 1.29 is 14.3 Å². The van der Waals surface area contributed by atoms with Gasteiger partial charge in [-0.15, -0.1) is 0 Å². The zero-order valence-corrected chi connectivity index (χ0v) is 15.6.